The molecule has 0 saturated carbocycles. The molecule has 1 heterocycles. The number of aromatic hydroxyl groups is 1. The highest BCUT2D eigenvalue weighted by Crippen LogP contribution is 2.28. The van der Waals surface area contributed by atoms with Gasteiger partial charge in [0.15, 0.2) is 0 Å². The molecular weight excluding hydrogens is 250 g/mol. The van der Waals surface area contributed by atoms with Crippen molar-refractivity contribution < 1.29 is 5.11 Å². The Balaban J connectivity index is 2.28. The molecule has 2 rings (SSSR count). The van der Waals surface area contributed by atoms with E-state index in [0.29, 0.717) is 6.54 Å². The van der Waals surface area contributed by atoms with Crippen molar-refractivity contribution in [1.29, 1.82) is 0 Å². The Labute approximate surface area is 120 Å². The molecule has 4 N–H and O–H groups in total. The monoisotopic (exact) mass is 273 g/mol. The standard InChI is InChI=1S/C16H23N3O/c1-3-16(4-2,10-17)11-19-15-14-9-13(20)6-5-12(14)7-8-18-15/h5-9,20H,3-4,10-11,17H2,1-2H3,(H,18,19). The second-order valence-electron chi connectivity index (χ2n) is 5.33. The van der Waals surface area contributed by atoms with Gasteiger partial charge >= 0.3 is 0 Å². The fourth-order valence-corrected chi connectivity index (χ4v) is 2.43. The molecule has 0 aliphatic carbocycles. The highest BCUT2D eigenvalue weighted by atomic mass is 16.3. The maximum atomic E-state index is 9.65. The lowest BCUT2D eigenvalue weighted by atomic mass is 9.82. The summed E-state index contributed by atoms with van der Waals surface area (Å²) in [6, 6.07) is 7.27. The van der Waals surface area contributed by atoms with E-state index < -0.39 is 0 Å². The summed E-state index contributed by atoms with van der Waals surface area (Å²) in [6.07, 6.45) is 3.84. The molecule has 4 nitrogen and oxygen atoms in total. The summed E-state index contributed by atoms with van der Waals surface area (Å²) >= 11 is 0. The zero-order valence-electron chi connectivity index (χ0n) is 12.2. The van der Waals surface area contributed by atoms with Gasteiger partial charge in [0.05, 0.1) is 0 Å². The van der Waals surface area contributed by atoms with Gasteiger partial charge < -0.3 is 16.2 Å². The lowest BCUT2D eigenvalue weighted by molar-refractivity contribution is 0.294. The van der Waals surface area contributed by atoms with Crippen molar-refractivity contribution in [1.82, 2.24) is 4.98 Å². The Hall–Kier alpha value is -1.81. The van der Waals surface area contributed by atoms with E-state index in [0.717, 1.165) is 36.0 Å². The molecule has 0 aliphatic rings. The topological polar surface area (TPSA) is 71.2 Å². The van der Waals surface area contributed by atoms with Crippen LogP contribution in [-0.4, -0.2) is 23.2 Å². The van der Waals surface area contributed by atoms with E-state index in [9.17, 15) is 5.11 Å². The molecule has 0 bridgehead atoms. The number of hydrogen-bond acceptors (Lipinski definition) is 4. The largest absolute Gasteiger partial charge is 0.508 e. The third-order valence-electron chi connectivity index (χ3n) is 4.31. The van der Waals surface area contributed by atoms with Crippen LogP contribution in [0.15, 0.2) is 30.5 Å². The molecule has 4 heteroatoms. The number of pyridine rings is 1. The van der Waals surface area contributed by atoms with Gasteiger partial charge in [-0.05, 0) is 48.4 Å². The lowest BCUT2D eigenvalue weighted by Crippen LogP contribution is -2.36. The van der Waals surface area contributed by atoms with Crippen LogP contribution >= 0.6 is 0 Å². The van der Waals surface area contributed by atoms with Crippen molar-refractivity contribution >= 4 is 16.6 Å². The first kappa shape index (κ1) is 14.6. The van der Waals surface area contributed by atoms with E-state index in [2.05, 4.69) is 24.1 Å². The number of phenols is 1. The number of nitrogens with zero attached hydrogens (tertiary/aromatic N) is 1. The molecule has 1 aromatic heterocycles. The molecular formula is C16H23N3O. The Kier molecular flexibility index (Phi) is 4.45. The quantitative estimate of drug-likeness (QED) is 0.756. The van der Waals surface area contributed by atoms with E-state index >= 15 is 0 Å². The van der Waals surface area contributed by atoms with Crippen LogP contribution in [0.2, 0.25) is 0 Å². The van der Waals surface area contributed by atoms with E-state index in [4.69, 9.17) is 5.73 Å². The van der Waals surface area contributed by atoms with Crippen LogP contribution in [-0.2, 0) is 0 Å². The van der Waals surface area contributed by atoms with Gasteiger partial charge in [0.1, 0.15) is 11.6 Å². The van der Waals surface area contributed by atoms with Crippen molar-refractivity contribution in [2.75, 3.05) is 18.4 Å². The normalized spacial score (nSPS) is 11.8. The molecule has 0 amide bonds. The minimum Gasteiger partial charge on any atom is -0.508 e. The molecule has 0 saturated heterocycles. The van der Waals surface area contributed by atoms with Crippen LogP contribution in [0.5, 0.6) is 5.75 Å². The third kappa shape index (κ3) is 2.85. The first-order valence-corrected chi connectivity index (χ1v) is 7.16. The first-order chi connectivity index (χ1) is 9.64. The SMILES string of the molecule is CCC(CC)(CN)CNc1nccc2ccc(O)cc12. The molecule has 0 aliphatic heterocycles. The highest BCUT2D eigenvalue weighted by Gasteiger charge is 2.24. The Morgan fingerprint density at radius 3 is 2.65 bits per heavy atom. The maximum Gasteiger partial charge on any atom is 0.133 e. The number of nitrogens with two attached hydrogens (primary N) is 1. The molecule has 2 aromatic rings. The lowest BCUT2D eigenvalue weighted by Gasteiger charge is -2.30. The van der Waals surface area contributed by atoms with Crippen LogP contribution in [0.3, 0.4) is 0 Å². The van der Waals surface area contributed by atoms with Gasteiger partial charge in [-0.3, -0.25) is 0 Å². The molecule has 1 aromatic carbocycles. The van der Waals surface area contributed by atoms with Gasteiger partial charge in [0.25, 0.3) is 0 Å². The van der Waals surface area contributed by atoms with E-state index in [1.165, 1.54) is 0 Å². The predicted molar refractivity (Wildman–Crippen MR) is 84.0 cm³/mol. The summed E-state index contributed by atoms with van der Waals surface area (Å²) in [6.45, 7) is 5.78. The van der Waals surface area contributed by atoms with Crippen molar-refractivity contribution in [3.63, 3.8) is 0 Å². The zero-order chi connectivity index (χ0) is 14.6. The minimum absolute atomic E-state index is 0.0979. The van der Waals surface area contributed by atoms with Crippen molar-refractivity contribution in [2.45, 2.75) is 26.7 Å². The van der Waals surface area contributed by atoms with Gasteiger partial charge in [-0.25, -0.2) is 4.98 Å². The Morgan fingerprint density at radius 1 is 1.25 bits per heavy atom. The van der Waals surface area contributed by atoms with Crippen molar-refractivity contribution in [3.8, 4) is 5.75 Å². The van der Waals surface area contributed by atoms with Crippen LogP contribution in [0.1, 0.15) is 26.7 Å². The second-order valence-corrected chi connectivity index (χ2v) is 5.33. The molecule has 0 atom stereocenters. The van der Waals surface area contributed by atoms with Crippen LogP contribution in [0.25, 0.3) is 10.8 Å². The second kappa shape index (κ2) is 6.09. The summed E-state index contributed by atoms with van der Waals surface area (Å²) in [5.41, 5.74) is 6.03. The fourth-order valence-electron chi connectivity index (χ4n) is 2.43. The number of nitrogens with one attached hydrogen (secondary N) is 1. The Morgan fingerprint density at radius 2 is 2.00 bits per heavy atom. The third-order valence-corrected chi connectivity index (χ3v) is 4.31. The van der Waals surface area contributed by atoms with Gasteiger partial charge in [0.2, 0.25) is 0 Å². The van der Waals surface area contributed by atoms with E-state index in [-0.39, 0.29) is 11.2 Å². The number of anilines is 1. The van der Waals surface area contributed by atoms with Gasteiger partial charge in [-0.15, -0.1) is 0 Å². The number of fused-ring (bicyclic) bond motifs is 1. The zero-order valence-corrected chi connectivity index (χ0v) is 12.2. The smallest absolute Gasteiger partial charge is 0.133 e. The molecule has 0 unspecified atom stereocenters. The fraction of sp³-hybridized carbons (Fsp3) is 0.438. The van der Waals surface area contributed by atoms with E-state index in [1.807, 2.05) is 12.1 Å². The van der Waals surface area contributed by atoms with Gasteiger partial charge in [-0.1, -0.05) is 19.9 Å². The molecule has 0 radical (unpaired) electrons. The number of benzene rings is 1. The molecule has 0 spiro atoms. The number of rotatable bonds is 6. The first-order valence-electron chi connectivity index (χ1n) is 7.16. The average molecular weight is 273 g/mol. The van der Waals surface area contributed by atoms with Crippen LogP contribution in [0, 0.1) is 5.41 Å². The predicted octanol–water partition coefficient (Wildman–Crippen LogP) is 3.12. The van der Waals surface area contributed by atoms with Crippen molar-refractivity contribution in [3.05, 3.63) is 30.5 Å². The molecule has 20 heavy (non-hydrogen) atoms. The summed E-state index contributed by atoms with van der Waals surface area (Å²) in [5, 5.41) is 15.0. The van der Waals surface area contributed by atoms with Crippen LogP contribution < -0.4 is 11.1 Å². The molecule has 108 valence electrons. The van der Waals surface area contributed by atoms with Crippen molar-refractivity contribution in [2.24, 2.45) is 11.1 Å². The summed E-state index contributed by atoms with van der Waals surface area (Å²) < 4.78 is 0. The van der Waals surface area contributed by atoms with Gasteiger partial charge in [0, 0.05) is 18.1 Å². The number of hydrogen-bond donors (Lipinski definition) is 3. The number of aromatic nitrogens is 1. The Bertz CT molecular complexity index is 571. The van der Waals surface area contributed by atoms with Crippen LogP contribution in [0.4, 0.5) is 5.82 Å². The summed E-state index contributed by atoms with van der Waals surface area (Å²) in [7, 11) is 0. The minimum atomic E-state index is 0.0979. The van der Waals surface area contributed by atoms with Gasteiger partial charge in [-0.2, -0.15) is 0 Å². The summed E-state index contributed by atoms with van der Waals surface area (Å²) in [4.78, 5) is 4.39. The maximum absolute atomic E-state index is 9.65. The highest BCUT2D eigenvalue weighted by molar-refractivity contribution is 5.92. The number of phenolic OH excluding ortho intramolecular Hbond substituents is 1. The summed E-state index contributed by atoms with van der Waals surface area (Å²) in [5.74, 6) is 1.06. The van der Waals surface area contributed by atoms with E-state index in [1.54, 1.807) is 18.3 Å². The molecule has 0 fully saturated rings. The average Bonchev–Trinajstić information content (AvgIpc) is 2.49.